The van der Waals surface area contributed by atoms with Crippen molar-refractivity contribution in [2.24, 2.45) is 0 Å². The number of thiazole rings is 2. The first-order valence-corrected chi connectivity index (χ1v) is 14.8. The number of aryl methyl sites for hydroxylation is 1. The number of anilines is 2. The molecule has 0 aliphatic rings. The first-order chi connectivity index (χ1) is 17.4. The molecule has 0 aliphatic carbocycles. The molecule has 0 radical (unpaired) electrons. The highest BCUT2D eigenvalue weighted by atomic mass is 35.5. The number of nitrogens with one attached hydrogen (secondary N) is 2. The number of hydrogen-bond acceptors (Lipinski definition) is 8. The largest absolute Gasteiger partial charge is 0.325 e. The summed E-state index contributed by atoms with van der Waals surface area (Å²) in [5.41, 5.74) is 4.12. The minimum atomic E-state index is -0.127. The minimum absolute atomic E-state index is 0.0920. The van der Waals surface area contributed by atoms with E-state index in [0.717, 1.165) is 34.7 Å². The van der Waals surface area contributed by atoms with Gasteiger partial charge in [0.1, 0.15) is 0 Å². The number of halogens is 1. The van der Waals surface area contributed by atoms with Gasteiger partial charge in [0.2, 0.25) is 11.8 Å². The summed E-state index contributed by atoms with van der Waals surface area (Å²) in [6.45, 7) is 1.91. The molecule has 2 amide bonds. The Bertz CT molecular complexity index is 1550. The molecule has 5 aromatic rings. The molecular weight excluding hydrogens is 552 g/mol. The zero-order chi connectivity index (χ0) is 25.1. The fourth-order valence-corrected chi connectivity index (χ4v) is 7.23. The van der Waals surface area contributed by atoms with Crippen LogP contribution in [0.3, 0.4) is 0 Å². The Morgan fingerprint density at radius 1 is 0.806 bits per heavy atom. The van der Waals surface area contributed by atoms with E-state index in [2.05, 4.69) is 20.6 Å². The fourth-order valence-electron chi connectivity index (χ4n) is 3.28. The van der Waals surface area contributed by atoms with Gasteiger partial charge in [0.15, 0.2) is 8.68 Å². The predicted octanol–water partition coefficient (Wildman–Crippen LogP) is 7.33. The van der Waals surface area contributed by atoms with Crippen LogP contribution in [0.2, 0.25) is 5.02 Å². The second-order valence-corrected chi connectivity index (χ2v) is 12.7. The molecule has 0 atom stereocenters. The number of carbonyl (C=O) groups is 2. The van der Waals surface area contributed by atoms with Gasteiger partial charge < -0.3 is 10.6 Å². The van der Waals surface area contributed by atoms with Gasteiger partial charge in [-0.2, -0.15) is 0 Å². The van der Waals surface area contributed by atoms with Gasteiger partial charge in [0, 0.05) is 16.4 Å². The van der Waals surface area contributed by atoms with Gasteiger partial charge in [-0.3, -0.25) is 9.59 Å². The van der Waals surface area contributed by atoms with Crippen molar-refractivity contribution >= 4 is 101 Å². The van der Waals surface area contributed by atoms with Gasteiger partial charge in [-0.05, 0) is 55.0 Å². The number of rotatable bonds is 8. The van der Waals surface area contributed by atoms with Gasteiger partial charge in [-0.15, -0.1) is 22.7 Å². The van der Waals surface area contributed by atoms with Crippen molar-refractivity contribution in [3.8, 4) is 0 Å². The molecule has 0 saturated carbocycles. The van der Waals surface area contributed by atoms with Crippen LogP contribution in [0.5, 0.6) is 0 Å². The minimum Gasteiger partial charge on any atom is -0.325 e. The van der Waals surface area contributed by atoms with Crippen LogP contribution in [-0.2, 0) is 9.59 Å². The van der Waals surface area contributed by atoms with Crippen LogP contribution in [0.1, 0.15) is 5.56 Å². The highest BCUT2D eigenvalue weighted by Crippen LogP contribution is 2.32. The van der Waals surface area contributed by atoms with Crippen molar-refractivity contribution < 1.29 is 9.59 Å². The third-order valence-electron chi connectivity index (χ3n) is 5.04. The van der Waals surface area contributed by atoms with Crippen molar-refractivity contribution in [3.63, 3.8) is 0 Å². The zero-order valence-corrected chi connectivity index (χ0v) is 22.9. The fraction of sp³-hybridized carbons (Fsp3) is 0.120. The summed E-state index contributed by atoms with van der Waals surface area (Å²) < 4.78 is 3.72. The Morgan fingerprint density at radius 3 is 2.06 bits per heavy atom. The maximum absolute atomic E-state index is 12.5. The lowest BCUT2D eigenvalue weighted by Crippen LogP contribution is -2.13. The molecule has 0 spiro atoms. The van der Waals surface area contributed by atoms with Crippen molar-refractivity contribution in [3.05, 3.63) is 71.2 Å². The molecular formula is C25H19ClN4O2S4. The van der Waals surface area contributed by atoms with Gasteiger partial charge >= 0.3 is 0 Å². The SMILES string of the molecule is Cc1ccc(NC(=O)CSc2nc3ccc(NC(=O)CSc4nc5ccccc5s4)cc3s2)cc1Cl. The van der Waals surface area contributed by atoms with Crippen LogP contribution < -0.4 is 10.6 Å². The normalized spacial score (nSPS) is 11.2. The average Bonchev–Trinajstić information content (AvgIpc) is 3.47. The number of carbonyl (C=O) groups excluding carboxylic acids is 2. The molecule has 2 aromatic heterocycles. The predicted molar refractivity (Wildman–Crippen MR) is 154 cm³/mol. The van der Waals surface area contributed by atoms with Crippen LogP contribution in [0.25, 0.3) is 20.4 Å². The van der Waals surface area contributed by atoms with Crippen molar-refractivity contribution in [2.75, 3.05) is 22.1 Å². The van der Waals surface area contributed by atoms with Gasteiger partial charge in [-0.1, -0.05) is 53.3 Å². The summed E-state index contributed by atoms with van der Waals surface area (Å²) in [6, 6.07) is 19.0. The average molecular weight is 571 g/mol. The Morgan fingerprint density at radius 2 is 1.39 bits per heavy atom. The summed E-state index contributed by atoms with van der Waals surface area (Å²) in [7, 11) is 0. The van der Waals surface area contributed by atoms with E-state index in [1.807, 2.05) is 61.5 Å². The number of amides is 2. The second kappa shape index (κ2) is 11.2. The maximum atomic E-state index is 12.5. The highest BCUT2D eigenvalue weighted by Gasteiger charge is 2.12. The molecule has 0 saturated heterocycles. The number of aromatic nitrogens is 2. The van der Waals surface area contributed by atoms with Gasteiger partial charge in [-0.25, -0.2) is 9.97 Å². The van der Waals surface area contributed by atoms with Crippen molar-refractivity contribution in [1.29, 1.82) is 0 Å². The molecule has 2 N–H and O–H groups in total. The van der Waals surface area contributed by atoms with E-state index in [0.29, 0.717) is 16.4 Å². The zero-order valence-electron chi connectivity index (χ0n) is 18.9. The van der Waals surface area contributed by atoms with Crippen LogP contribution in [0, 0.1) is 6.92 Å². The lowest BCUT2D eigenvalue weighted by molar-refractivity contribution is -0.114. The molecule has 0 bridgehead atoms. The van der Waals surface area contributed by atoms with Crippen molar-refractivity contribution in [2.45, 2.75) is 15.6 Å². The monoisotopic (exact) mass is 570 g/mol. The molecule has 0 aliphatic heterocycles. The Balaban J connectivity index is 1.14. The Hall–Kier alpha value is -2.63. The molecule has 6 nitrogen and oxygen atoms in total. The smallest absolute Gasteiger partial charge is 0.234 e. The topological polar surface area (TPSA) is 84.0 Å². The van der Waals surface area contributed by atoms with Crippen LogP contribution in [-0.4, -0.2) is 33.3 Å². The number of benzene rings is 3. The van der Waals surface area contributed by atoms with E-state index < -0.39 is 0 Å². The molecule has 11 heteroatoms. The van der Waals surface area contributed by atoms with E-state index in [9.17, 15) is 9.59 Å². The molecule has 5 rings (SSSR count). The molecule has 2 heterocycles. The molecule has 3 aromatic carbocycles. The number of para-hydroxylation sites is 1. The Labute approximate surface area is 228 Å². The molecule has 0 unspecified atom stereocenters. The summed E-state index contributed by atoms with van der Waals surface area (Å²) in [6.07, 6.45) is 0. The molecule has 182 valence electrons. The van der Waals surface area contributed by atoms with E-state index in [4.69, 9.17) is 11.6 Å². The maximum Gasteiger partial charge on any atom is 0.234 e. The summed E-state index contributed by atoms with van der Waals surface area (Å²) >= 11 is 12.0. The van der Waals surface area contributed by atoms with Crippen LogP contribution in [0.15, 0.2) is 69.3 Å². The van der Waals surface area contributed by atoms with E-state index in [1.54, 1.807) is 17.4 Å². The summed E-state index contributed by atoms with van der Waals surface area (Å²) in [5.74, 6) is 0.296. The van der Waals surface area contributed by atoms with Gasteiger partial charge in [0.05, 0.1) is 31.9 Å². The first-order valence-electron chi connectivity index (χ1n) is 10.8. The summed E-state index contributed by atoms with van der Waals surface area (Å²) in [4.78, 5) is 34.0. The van der Waals surface area contributed by atoms with E-state index in [1.165, 1.54) is 34.9 Å². The van der Waals surface area contributed by atoms with Crippen molar-refractivity contribution in [1.82, 2.24) is 9.97 Å². The number of hydrogen-bond donors (Lipinski definition) is 2. The second-order valence-electron chi connectivity index (χ2n) is 7.75. The quantitative estimate of drug-likeness (QED) is 0.190. The van der Waals surface area contributed by atoms with Crippen LogP contribution >= 0.6 is 57.8 Å². The third-order valence-corrected chi connectivity index (χ3v) is 9.78. The van der Waals surface area contributed by atoms with Gasteiger partial charge in [0.25, 0.3) is 0 Å². The highest BCUT2D eigenvalue weighted by molar-refractivity contribution is 8.02. The first kappa shape index (κ1) is 25.0. The molecule has 36 heavy (non-hydrogen) atoms. The summed E-state index contributed by atoms with van der Waals surface area (Å²) in [5, 5.41) is 6.42. The Kier molecular flexibility index (Phi) is 7.78. The van der Waals surface area contributed by atoms with Crippen LogP contribution in [0.4, 0.5) is 11.4 Å². The third kappa shape index (κ3) is 6.19. The van der Waals surface area contributed by atoms with E-state index in [-0.39, 0.29) is 23.3 Å². The lowest BCUT2D eigenvalue weighted by Gasteiger charge is -2.06. The van der Waals surface area contributed by atoms with E-state index >= 15 is 0 Å². The lowest BCUT2D eigenvalue weighted by atomic mass is 10.2. The standard InChI is InChI=1S/C25H19ClN4O2S4/c1-14-6-7-15(10-17(14)26)27-22(31)12-34-25-30-19-9-8-16(11-21(19)36-25)28-23(32)13-33-24-29-18-4-2-3-5-20(18)35-24/h2-11H,12-13H2,1H3,(H,27,31)(H,28,32). The molecule has 0 fully saturated rings. The number of thioether (sulfide) groups is 2. The number of fused-ring (bicyclic) bond motifs is 2. The number of nitrogens with zero attached hydrogens (tertiary/aromatic N) is 2.